The van der Waals surface area contributed by atoms with Crippen molar-refractivity contribution in [1.82, 2.24) is 4.90 Å². The fourth-order valence-corrected chi connectivity index (χ4v) is 2.12. The molecule has 0 aromatic heterocycles. The van der Waals surface area contributed by atoms with E-state index in [1.54, 1.807) is 17.9 Å². The molecule has 1 amide bonds. The van der Waals surface area contributed by atoms with Gasteiger partial charge in [-0.25, -0.2) is 0 Å². The standard InChI is InChI=1S/C16H22ClNO3/c1-4-21-15(19)9-10-18(16(20)12(2)3)11-13-7-5-6-8-14(13)17/h5-8,12H,4,9-11H2,1-3H3. The third-order valence-corrected chi connectivity index (χ3v) is 3.38. The van der Waals surface area contributed by atoms with E-state index < -0.39 is 0 Å². The van der Waals surface area contributed by atoms with Crippen molar-refractivity contribution in [3.05, 3.63) is 34.9 Å². The highest BCUT2D eigenvalue weighted by atomic mass is 35.5. The number of benzene rings is 1. The first-order chi connectivity index (χ1) is 9.95. The van der Waals surface area contributed by atoms with Crippen LogP contribution in [0.25, 0.3) is 0 Å². The van der Waals surface area contributed by atoms with Gasteiger partial charge in [-0.05, 0) is 18.6 Å². The third-order valence-electron chi connectivity index (χ3n) is 3.02. The molecule has 0 unspecified atom stereocenters. The van der Waals surface area contributed by atoms with Gasteiger partial charge in [0.1, 0.15) is 0 Å². The van der Waals surface area contributed by atoms with Crippen molar-refractivity contribution < 1.29 is 14.3 Å². The van der Waals surface area contributed by atoms with Gasteiger partial charge in [-0.15, -0.1) is 0 Å². The summed E-state index contributed by atoms with van der Waals surface area (Å²) in [6, 6.07) is 7.40. The molecule has 5 heteroatoms. The fourth-order valence-electron chi connectivity index (χ4n) is 1.92. The highest BCUT2D eigenvalue weighted by Crippen LogP contribution is 2.18. The summed E-state index contributed by atoms with van der Waals surface area (Å²) in [6.45, 7) is 6.52. The van der Waals surface area contributed by atoms with Gasteiger partial charge in [-0.1, -0.05) is 43.6 Å². The van der Waals surface area contributed by atoms with Crippen LogP contribution >= 0.6 is 11.6 Å². The number of rotatable bonds is 7. The van der Waals surface area contributed by atoms with Gasteiger partial charge in [-0.2, -0.15) is 0 Å². The maximum atomic E-state index is 12.3. The summed E-state index contributed by atoms with van der Waals surface area (Å²) in [7, 11) is 0. The lowest BCUT2D eigenvalue weighted by Gasteiger charge is -2.24. The molecule has 0 N–H and O–H groups in total. The largest absolute Gasteiger partial charge is 0.466 e. The van der Waals surface area contributed by atoms with Crippen molar-refractivity contribution in [2.75, 3.05) is 13.2 Å². The Morgan fingerprint density at radius 3 is 2.52 bits per heavy atom. The van der Waals surface area contributed by atoms with Crippen LogP contribution in [0, 0.1) is 5.92 Å². The quantitative estimate of drug-likeness (QED) is 0.726. The van der Waals surface area contributed by atoms with Crippen LogP contribution in [0.1, 0.15) is 32.8 Å². The Kier molecular flexibility index (Phi) is 7.23. The summed E-state index contributed by atoms with van der Waals surface area (Å²) >= 11 is 6.14. The Morgan fingerprint density at radius 2 is 1.95 bits per heavy atom. The fraction of sp³-hybridized carbons (Fsp3) is 0.500. The zero-order valence-electron chi connectivity index (χ0n) is 12.8. The van der Waals surface area contributed by atoms with Crippen LogP contribution in [0.4, 0.5) is 0 Å². The monoisotopic (exact) mass is 311 g/mol. The number of ether oxygens (including phenoxy) is 1. The molecular formula is C16H22ClNO3. The van der Waals surface area contributed by atoms with Crippen molar-refractivity contribution in [2.45, 2.75) is 33.7 Å². The number of esters is 1. The zero-order valence-corrected chi connectivity index (χ0v) is 13.5. The van der Waals surface area contributed by atoms with Gasteiger partial charge in [0, 0.05) is 24.0 Å². The Labute approximate surface area is 131 Å². The van der Waals surface area contributed by atoms with Crippen molar-refractivity contribution >= 4 is 23.5 Å². The molecule has 0 aliphatic heterocycles. The maximum Gasteiger partial charge on any atom is 0.307 e. The molecule has 116 valence electrons. The predicted octanol–water partition coefficient (Wildman–Crippen LogP) is 3.28. The van der Waals surface area contributed by atoms with E-state index >= 15 is 0 Å². The van der Waals surface area contributed by atoms with Crippen molar-refractivity contribution in [3.63, 3.8) is 0 Å². The minimum atomic E-state index is -0.293. The van der Waals surface area contributed by atoms with Crippen LogP contribution in [-0.2, 0) is 20.9 Å². The molecule has 0 bridgehead atoms. The van der Waals surface area contributed by atoms with E-state index in [2.05, 4.69) is 0 Å². The molecule has 0 saturated carbocycles. The van der Waals surface area contributed by atoms with Gasteiger partial charge < -0.3 is 9.64 Å². The zero-order chi connectivity index (χ0) is 15.8. The molecule has 1 aromatic carbocycles. The lowest BCUT2D eigenvalue weighted by Crippen LogP contribution is -2.35. The molecule has 0 aliphatic rings. The Morgan fingerprint density at radius 1 is 1.29 bits per heavy atom. The summed E-state index contributed by atoms with van der Waals surface area (Å²) in [6.07, 6.45) is 0.191. The molecule has 4 nitrogen and oxygen atoms in total. The van der Waals surface area contributed by atoms with E-state index in [1.165, 1.54) is 0 Å². The number of hydrogen-bond acceptors (Lipinski definition) is 3. The van der Waals surface area contributed by atoms with E-state index in [1.807, 2.05) is 32.0 Å². The van der Waals surface area contributed by atoms with Gasteiger partial charge in [0.15, 0.2) is 0 Å². The summed E-state index contributed by atoms with van der Waals surface area (Å²) < 4.78 is 4.90. The second kappa shape index (κ2) is 8.67. The van der Waals surface area contributed by atoms with Crippen LogP contribution < -0.4 is 0 Å². The number of amides is 1. The average Bonchev–Trinajstić information content (AvgIpc) is 2.44. The lowest BCUT2D eigenvalue weighted by molar-refractivity contribution is -0.144. The van der Waals surface area contributed by atoms with Gasteiger partial charge in [0.05, 0.1) is 13.0 Å². The number of halogens is 1. The minimum absolute atomic E-state index is 0.000724. The van der Waals surface area contributed by atoms with Crippen molar-refractivity contribution in [3.8, 4) is 0 Å². The minimum Gasteiger partial charge on any atom is -0.466 e. The highest BCUT2D eigenvalue weighted by Gasteiger charge is 2.19. The van der Waals surface area contributed by atoms with Gasteiger partial charge in [-0.3, -0.25) is 9.59 Å². The Hall–Kier alpha value is -1.55. The van der Waals surface area contributed by atoms with Crippen LogP contribution in [-0.4, -0.2) is 29.9 Å². The second-order valence-electron chi connectivity index (χ2n) is 5.06. The molecule has 0 radical (unpaired) electrons. The van der Waals surface area contributed by atoms with E-state index in [0.717, 1.165) is 5.56 Å². The van der Waals surface area contributed by atoms with E-state index in [9.17, 15) is 9.59 Å². The molecule has 21 heavy (non-hydrogen) atoms. The van der Waals surface area contributed by atoms with E-state index in [0.29, 0.717) is 24.7 Å². The Bertz CT molecular complexity index is 488. The molecule has 1 aromatic rings. The van der Waals surface area contributed by atoms with Crippen LogP contribution in [0.5, 0.6) is 0 Å². The summed E-state index contributed by atoms with van der Waals surface area (Å²) in [5.74, 6) is -0.424. The van der Waals surface area contributed by atoms with Gasteiger partial charge >= 0.3 is 5.97 Å². The first kappa shape index (κ1) is 17.5. The third kappa shape index (κ3) is 5.76. The molecule has 0 atom stereocenters. The maximum absolute atomic E-state index is 12.3. The first-order valence-corrected chi connectivity index (χ1v) is 7.51. The van der Waals surface area contributed by atoms with Crippen LogP contribution in [0.3, 0.4) is 0 Å². The van der Waals surface area contributed by atoms with Crippen molar-refractivity contribution in [2.24, 2.45) is 5.92 Å². The van der Waals surface area contributed by atoms with E-state index in [4.69, 9.17) is 16.3 Å². The molecule has 0 heterocycles. The molecule has 0 aliphatic carbocycles. The average molecular weight is 312 g/mol. The lowest BCUT2D eigenvalue weighted by atomic mass is 10.1. The topological polar surface area (TPSA) is 46.6 Å². The number of carbonyl (C=O) groups is 2. The number of hydrogen-bond donors (Lipinski definition) is 0. The SMILES string of the molecule is CCOC(=O)CCN(Cc1ccccc1Cl)C(=O)C(C)C. The molecular weight excluding hydrogens is 290 g/mol. The highest BCUT2D eigenvalue weighted by molar-refractivity contribution is 6.31. The van der Waals surface area contributed by atoms with E-state index in [-0.39, 0.29) is 24.2 Å². The summed E-state index contributed by atoms with van der Waals surface area (Å²) in [4.78, 5) is 25.4. The normalized spacial score (nSPS) is 10.5. The molecule has 0 spiro atoms. The summed E-state index contributed by atoms with van der Waals surface area (Å²) in [5.41, 5.74) is 0.872. The Balaban J connectivity index is 2.76. The van der Waals surface area contributed by atoms with Crippen molar-refractivity contribution in [1.29, 1.82) is 0 Å². The van der Waals surface area contributed by atoms with Crippen LogP contribution in [0.2, 0.25) is 5.02 Å². The smallest absolute Gasteiger partial charge is 0.307 e. The predicted molar refractivity (Wildman–Crippen MR) is 83.0 cm³/mol. The first-order valence-electron chi connectivity index (χ1n) is 7.13. The molecule has 1 rings (SSSR count). The molecule has 0 saturated heterocycles. The van der Waals surface area contributed by atoms with Crippen LogP contribution in [0.15, 0.2) is 24.3 Å². The van der Waals surface area contributed by atoms with Gasteiger partial charge in [0.25, 0.3) is 0 Å². The second-order valence-corrected chi connectivity index (χ2v) is 5.47. The number of carbonyl (C=O) groups excluding carboxylic acids is 2. The van der Waals surface area contributed by atoms with Gasteiger partial charge in [0.2, 0.25) is 5.91 Å². The number of nitrogens with zero attached hydrogens (tertiary/aromatic N) is 1. The molecule has 0 fully saturated rings. The summed E-state index contributed by atoms with van der Waals surface area (Å²) in [5, 5.41) is 0.621.